The molecular formula is C11H13BrN4. The summed E-state index contributed by atoms with van der Waals surface area (Å²) in [4.78, 5) is 4.40. The number of hydrogen-bond donors (Lipinski definition) is 2. The highest BCUT2D eigenvalue weighted by Crippen LogP contribution is 2.23. The zero-order chi connectivity index (χ0) is 11.5. The zero-order valence-corrected chi connectivity index (χ0v) is 10.6. The average molecular weight is 281 g/mol. The van der Waals surface area contributed by atoms with E-state index in [4.69, 9.17) is 5.73 Å². The van der Waals surface area contributed by atoms with Crippen LogP contribution in [-0.2, 0) is 6.42 Å². The summed E-state index contributed by atoms with van der Waals surface area (Å²) in [6.45, 7) is 2.62. The Labute approximate surface area is 102 Å². The van der Waals surface area contributed by atoms with Gasteiger partial charge in [0.05, 0.1) is 0 Å². The van der Waals surface area contributed by atoms with E-state index in [1.54, 1.807) is 0 Å². The maximum atomic E-state index is 5.46. The van der Waals surface area contributed by atoms with Gasteiger partial charge in [-0.3, -0.25) is 5.10 Å². The van der Waals surface area contributed by atoms with Crippen LogP contribution in [0, 0.1) is 6.92 Å². The van der Waals surface area contributed by atoms with Crippen LogP contribution < -0.4 is 5.73 Å². The van der Waals surface area contributed by atoms with Gasteiger partial charge in [-0.1, -0.05) is 15.9 Å². The van der Waals surface area contributed by atoms with E-state index >= 15 is 0 Å². The Balaban J connectivity index is 2.35. The predicted molar refractivity (Wildman–Crippen MR) is 67.0 cm³/mol. The van der Waals surface area contributed by atoms with E-state index in [0.717, 1.165) is 33.7 Å². The molecule has 0 amide bonds. The topological polar surface area (TPSA) is 67.6 Å². The molecule has 0 radical (unpaired) electrons. The molecule has 0 saturated carbocycles. The van der Waals surface area contributed by atoms with Crippen LogP contribution in [0.2, 0.25) is 0 Å². The highest BCUT2D eigenvalue weighted by molar-refractivity contribution is 9.10. The predicted octanol–water partition coefficient (Wildman–Crippen LogP) is 2.04. The minimum atomic E-state index is 0.577. The standard InChI is InChI=1S/C11H13BrN4/c1-7-6-8(12)2-3-9(7)11-14-10(4-5-13)15-16-11/h2-3,6H,4-5,13H2,1H3,(H,14,15,16). The third-order valence-corrected chi connectivity index (χ3v) is 2.84. The van der Waals surface area contributed by atoms with Gasteiger partial charge in [-0.15, -0.1) is 0 Å². The lowest BCUT2D eigenvalue weighted by molar-refractivity contribution is 0.874. The summed E-state index contributed by atoms with van der Waals surface area (Å²) in [6, 6.07) is 6.05. The van der Waals surface area contributed by atoms with Gasteiger partial charge in [0, 0.05) is 16.5 Å². The second-order valence-corrected chi connectivity index (χ2v) is 4.52. The number of rotatable bonds is 3. The number of aromatic amines is 1. The Bertz CT molecular complexity index is 492. The number of halogens is 1. The molecule has 1 aromatic heterocycles. The number of aryl methyl sites for hydroxylation is 1. The molecule has 5 heteroatoms. The van der Waals surface area contributed by atoms with Crippen molar-refractivity contribution < 1.29 is 0 Å². The van der Waals surface area contributed by atoms with Crippen LogP contribution in [-0.4, -0.2) is 21.7 Å². The van der Waals surface area contributed by atoms with Gasteiger partial charge in [0.2, 0.25) is 0 Å². The van der Waals surface area contributed by atoms with Crippen molar-refractivity contribution in [3.05, 3.63) is 34.1 Å². The number of aromatic nitrogens is 3. The molecule has 0 unspecified atom stereocenters. The van der Waals surface area contributed by atoms with Crippen molar-refractivity contribution in [2.45, 2.75) is 13.3 Å². The molecule has 0 spiro atoms. The summed E-state index contributed by atoms with van der Waals surface area (Å²) in [7, 11) is 0. The van der Waals surface area contributed by atoms with E-state index in [9.17, 15) is 0 Å². The second-order valence-electron chi connectivity index (χ2n) is 3.60. The molecule has 0 saturated heterocycles. The van der Waals surface area contributed by atoms with Crippen LogP contribution in [0.25, 0.3) is 11.4 Å². The van der Waals surface area contributed by atoms with E-state index < -0.39 is 0 Å². The fraction of sp³-hybridized carbons (Fsp3) is 0.273. The number of nitrogens with two attached hydrogens (primary N) is 1. The number of benzene rings is 1. The SMILES string of the molecule is Cc1cc(Br)ccc1-c1n[nH]c(CCN)n1. The van der Waals surface area contributed by atoms with Crippen molar-refractivity contribution in [1.82, 2.24) is 15.2 Å². The first-order valence-corrected chi connectivity index (χ1v) is 5.88. The first-order valence-electron chi connectivity index (χ1n) is 5.08. The maximum Gasteiger partial charge on any atom is 0.181 e. The van der Waals surface area contributed by atoms with Crippen molar-refractivity contribution in [1.29, 1.82) is 0 Å². The number of hydrogen-bond acceptors (Lipinski definition) is 3. The maximum absolute atomic E-state index is 5.46. The van der Waals surface area contributed by atoms with Crippen LogP contribution in [0.5, 0.6) is 0 Å². The van der Waals surface area contributed by atoms with Crippen LogP contribution in [0.1, 0.15) is 11.4 Å². The van der Waals surface area contributed by atoms with Crippen LogP contribution in [0.4, 0.5) is 0 Å². The van der Waals surface area contributed by atoms with Crippen molar-refractivity contribution in [3.63, 3.8) is 0 Å². The lowest BCUT2D eigenvalue weighted by Crippen LogP contribution is -2.03. The summed E-state index contributed by atoms with van der Waals surface area (Å²) in [5, 5.41) is 7.08. The van der Waals surface area contributed by atoms with E-state index in [2.05, 4.69) is 31.1 Å². The third-order valence-electron chi connectivity index (χ3n) is 2.34. The molecule has 1 heterocycles. The molecule has 16 heavy (non-hydrogen) atoms. The molecule has 1 aromatic carbocycles. The van der Waals surface area contributed by atoms with Crippen molar-refractivity contribution in [2.75, 3.05) is 6.54 Å². The third kappa shape index (κ3) is 2.31. The normalized spacial score (nSPS) is 10.7. The Morgan fingerprint density at radius 3 is 2.94 bits per heavy atom. The van der Waals surface area contributed by atoms with Crippen molar-refractivity contribution >= 4 is 15.9 Å². The molecule has 0 bridgehead atoms. The van der Waals surface area contributed by atoms with Gasteiger partial charge in [0.1, 0.15) is 5.82 Å². The quantitative estimate of drug-likeness (QED) is 0.904. The molecule has 84 valence electrons. The highest BCUT2D eigenvalue weighted by atomic mass is 79.9. The average Bonchev–Trinajstić information content (AvgIpc) is 2.67. The minimum Gasteiger partial charge on any atom is -0.330 e. The summed E-state index contributed by atoms with van der Waals surface area (Å²) in [5.41, 5.74) is 7.65. The minimum absolute atomic E-state index is 0.577. The first kappa shape index (κ1) is 11.3. The summed E-state index contributed by atoms with van der Waals surface area (Å²) >= 11 is 3.43. The van der Waals surface area contributed by atoms with E-state index in [1.165, 1.54) is 0 Å². The fourth-order valence-electron chi connectivity index (χ4n) is 1.54. The lowest BCUT2D eigenvalue weighted by Gasteiger charge is -2.01. The molecule has 0 atom stereocenters. The Morgan fingerprint density at radius 1 is 1.44 bits per heavy atom. The smallest absolute Gasteiger partial charge is 0.181 e. The number of nitrogens with zero attached hydrogens (tertiary/aromatic N) is 2. The van der Waals surface area contributed by atoms with Gasteiger partial charge in [0.15, 0.2) is 5.82 Å². The summed E-state index contributed by atoms with van der Waals surface area (Å²) in [6.07, 6.45) is 0.725. The van der Waals surface area contributed by atoms with E-state index in [-0.39, 0.29) is 0 Å². The lowest BCUT2D eigenvalue weighted by atomic mass is 10.1. The second kappa shape index (κ2) is 4.76. The van der Waals surface area contributed by atoms with Crippen molar-refractivity contribution in [2.24, 2.45) is 5.73 Å². The van der Waals surface area contributed by atoms with Crippen LogP contribution >= 0.6 is 15.9 Å². The largest absolute Gasteiger partial charge is 0.330 e. The molecule has 3 N–H and O–H groups in total. The van der Waals surface area contributed by atoms with Gasteiger partial charge in [-0.2, -0.15) is 5.10 Å². The van der Waals surface area contributed by atoms with Gasteiger partial charge in [-0.05, 0) is 37.2 Å². The van der Waals surface area contributed by atoms with E-state index in [0.29, 0.717) is 6.54 Å². The first-order chi connectivity index (χ1) is 7.70. The molecule has 2 aromatic rings. The van der Waals surface area contributed by atoms with E-state index in [1.807, 2.05) is 25.1 Å². The molecule has 0 aliphatic carbocycles. The Kier molecular flexibility index (Phi) is 3.36. The van der Waals surface area contributed by atoms with Crippen molar-refractivity contribution in [3.8, 4) is 11.4 Å². The summed E-state index contributed by atoms with van der Waals surface area (Å²) < 4.78 is 1.06. The van der Waals surface area contributed by atoms with Crippen LogP contribution in [0.15, 0.2) is 22.7 Å². The number of nitrogens with one attached hydrogen (secondary N) is 1. The van der Waals surface area contributed by atoms with Gasteiger partial charge in [0.25, 0.3) is 0 Å². The Hall–Kier alpha value is -1.20. The molecule has 2 rings (SSSR count). The number of H-pyrrole nitrogens is 1. The molecule has 0 fully saturated rings. The monoisotopic (exact) mass is 280 g/mol. The Morgan fingerprint density at radius 2 is 2.25 bits per heavy atom. The highest BCUT2D eigenvalue weighted by Gasteiger charge is 2.08. The fourth-order valence-corrected chi connectivity index (χ4v) is 2.02. The van der Waals surface area contributed by atoms with Gasteiger partial charge in [-0.25, -0.2) is 4.98 Å². The van der Waals surface area contributed by atoms with Crippen LogP contribution in [0.3, 0.4) is 0 Å². The zero-order valence-electron chi connectivity index (χ0n) is 9.00. The summed E-state index contributed by atoms with van der Waals surface area (Å²) in [5.74, 6) is 1.56. The molecule has 0 aliphatic heterocycles. The van der Waals surface area contributed by atoms with Gasteiger partial charge >= 0.3 is 0 Å². The molecule has 0 aliphatic rings. The molecule has 4 nitrogen and oxygen atoms in total. The molecular weight excluding hydrogens is 268 g/mol. The van der Waals surface area contributed by atoms with Gasteiger partial charge < -0.3 is 5.73 Å².